The van der Waals surface area contributed by atoms with Gasteiger partial charge in [0.1, 0.15) is 22.1 Å². The minimum Gasteiger partial charge on any atom is -0.255 e. The van der Waals surface area contributed by atoms with Gasteiger partial charge in [-0.25, -0.2) is 34.2 Å². The maximum Gasteiger partial charge on any atom is 0.143 e. The summed E-state index contributed by atoms with van der Waals surface area (Å²) in [5.41, 5.74) is 21.3. The van der Waals surface area contributed by atoms with Crippen LogP contribution in [0.15, 0.2) is 283 Å². The lowest BCUT2D eigenvalue weighted by molar-refractivity contribution is 0.316. The van der Waals surface area contributed by atoms with E-state index < -0.39 is 0 Å². The largest absolute Gasteiger partial charge is 0.255 e. The highest BCUT2D eigenvalue weighted by molar-refractivity contribution is 6.24. The first-order valence-electron chi connectivity index (χ1n) is 29.4. The molecule has 0 aliphatic rings. The fraction of sp³-hybridized carbons (Fsp3) is 0. The van der Waals surface area contributed by atoms with Gasteiger partial charge in [-0.2, -0.15) is 0 Å². The quantitative estimate of drug-likeness (QED) is 0.132. The molecule has 0 spiro atoms. The minimum absolute atomic E-state index is 0.708. The third-order valence-electron chi connectivity index (χ3n) is 16.6. The molecule has 0 bridgehead atoms. The van der Waals surface area contributed by atoms with Gasteiger partial charge in [0.15, 0.2) is 0 Å². The summed E-state index contributed by atoms with van der Waals surface area (Å²) in [6, 6.07) is 88.3. The lowest BCUT2D eigenvalue weighted by Crippen LogP contribution is -1.95. The van der Waals surface area contributed by atoms with Gasteiger partial charge < -0.3 is 0 Å². The molecular weight excluding hydrogens is 1110 g/mol. The highest BCUT2D eigenvalue weighted by atomic mass is 16.6. The van der Waals surface area contributed by atoms with E-state index in [1.807, 2.05) is 109 Å². The van der Waals surface area contributed by atoms with Gasteiger partial charge in [0, 0.05) is 83.3 Å². The van der Waals surface area contributed by atoms with Gasteiger partial charge >= 0.3 is 0 Å². The molecule has 0 aliphatic carbocycles. The van der Waals surface area contributed by atoms with Crippen LogP contribution in [0.1, 0.15) is 0 Å². The van der Waals surface area contributed by atoms with E-state index in [1.54, 1.807) is 12.4 Å². The van der Waals surface area contributed by atoms with Crippen molar-refractivity contribution in [3.8, 4) is 90.1 Å². The first-order valence-corrected chi connectivity index (χ1v) is 29.4. The fourth-order valence-electron chi connectivity index (χ4n) is 12.3. The van der Waals surface area contributed by atoms with E-state index in [2.05, 4.69) is 182 Å². The smallest absolute Gasteiger partial charge is 0.143 e. The number of fused-ring (bicyclic) bond motifs is 13. The summed E-state index contributed by atoms with van der Waals surface area (Å²) < 4.78 is 10.4. The Morgan fingerprint density at radius 3 is 1.23 bits per heavy atom. The second-order valence-corrected chi connectivity index (χ2v) is 21.9. The normalized spacial score (nSPS) is 11.6. The van der Waals surface area contributed by atoms with Crippen LogP contribution in [0.2, 0.25) is 0 Å². The highest BCUT2D eigenvalue weighted by Gasteiger charge is 2.22. The van der Waals surface area contributed by atoms with E-state index in [4.69, 9.17) is 34.2 Å². The predicted molar refractivity (Wildman–Crippen MR) is 357 cm³/mol. The second-order valence-electron chi connectivity index (χ2n) is 21.9. The number of hydrogen-bond acceptors (Lipinski definition) is 13. The van der Waals surface area contributed by atoms with Crippen molar-refractivity contribution >= 4 is 87.2 Å². The van der Waals surface area contributed by atoms with Gasteiger partial charge in [-0.1, -0.05) is 188 Å². The summed E-state index contributed by atoms with van der Waals surface area (Å²) in [6.45, 7) is 0. The van der Waals surface area contributed by atoms with Crippen LogP contribution in [0.4, 0.5) is 0 Å². The molecule has 9 heterocycles. The molecule has 18 aromatic rings. The first-order chi connectivity index (χ1) is 44.6. The monoisotopic (exact) mass is 1160 g/mol. The number of nitrogens with zero attached hydrogens (tertiary/aromatic N) is 11. The third-order valence-corrected chi connectivity index (χ3v) is 16.6. The van der Waals surface area contributed by atoms with Crippen molar-refractivity contribution in [2.75, 3.05) is 0 Å². The number of pyridine rings is 7. The Kier molecular flexibility index (Phi) is 12.5. The van der Waals surface area contributed by atoms with Crippen molar-refractivity contribution in [1.82, 2.24) is 55.5 Å². The molecule has 0 atom stereocenters. The fourth-order valence-corrected chi connectivity index (χ4v) is 12.3. The van der Waals surface area contributed by atoms with Gasteiger partial charge in [0.05, 0.1) is 67.6 Å². The Balaban J connectivity index is 0.000000139. The average Bonchev–Trinajstić information content (AvgIpc) is 1.23. The Hall–Kier alpha value is -12.6. The lowest BCUT2D eigenvalue weighted by Gasteiger charge is -2.14. The van der Waals surface area contributed by atoms with Gasteiger partial charge in [-0.15, -0.1) is 0 Å². The zero-order valence-corrected chi connectivity index (χ0v) is 47.7. The summed E-state index contributed by atoms with van der Waals surface area (Å²) in [6.07, 6.45) is 3.57. The number of aromatic nitrogens is 11. The molecule has 0 N–H and O–H groups in total. The summed E-state index contributed by atoms with van der Waals surface area (Å²) in [4.78, 5) is 35.0. The van der Waals surface area contributed by atoms with Gasteiger partial charge in [-0.3, -0.25) is 9.97 Å². The van der Waals surface area contributed by atoms with Crippen molar-refractivity contribution in [3.63, 3.8) is 0 Å². The molecular formula is C77H45N11O2. The molecule has 9 aromatic carbocycles. The Labute approximate surface area is 512 Å². The maximum atomic E-state index is 5.31. The van der Waals surface area contributed by atoms with E-state index in [9.17, 15) is 0 Å². The van der Waals surface area contributed by atoms with Crippen molar-refractivity contribution in [2.24, 2.45) is 0 Å². The topological polar surface area (TPSA) is 168 Å². The van der Waals surface area contributed by atoms with Crippen molar-refractivity contribution in [3.05, 3.63) is 273 Å². The summed E-state index contributed by atoms with van der Waals surface area (Å²) in [7, 11) is 0. The molecule has 13 nitrogen and oxygen atoms in total. The van der Waals surface area contributed by atoms with Gasteiger partial charge in [0.25, 0.3) is 0 Å². The van der Waals surface area contributed by atoms with Crippen molar-refractivity contribution in [2.45, 2.75) is 0 Å². The number of rotatable bonds is 8. The van der Waals surface area contributed by atoms with Gasteiger partial charge in [0.2, 0.25) is 0 Å². The molecule has 90 heavy (non-hydrogen) atoms. The minimum atomic E-state index is 0.708. The standard InChI is InChI=1S/C40H24N6O.C37H21N5O/c1-2-9-27(10-3-1)38-31-19-20-34-40(46-47-45-34)37(31)30-12-8-11-29(39(30)44-38)26-17-15-25(16-18-26)28-23-35(32-13-4-6-21-41-32)43-36(24-28)33-14-5-7-22-42-33;1-3-8-22(9-4-1)29-19-16-24-14-15-25-17-20-30(39-35(25)34(24)38-29)26-12-7-13-27-32-28(18-21-31-37(32)42-43-41-31)33(40-36(26)27)23-10-5-2-6-11-23/h1-24H;1-21H. The van der Waals surface area contributed by atoms with E-state index in [0.717, 1.165) is 161 Å². The molecule has 9 aromatic heterocycles. The van der Waals surface area contributed by atoms with E-state index in [0.29, 0.717) is 16.6 Å². The van der Waals surface area contributed by atoms with Crippen LogP contribution in [0.5, 0.6) is 0 Å². The summed E-state index contributed by atoms with van der Waals surface area (Å²) in [5, 5.41) is 24.9. The van der Waals surface area contributed by atoms with E-state index >= 15 is 0 Å². The zero-order valence-electron chi connectivity index (χ0n) is 47.7. The molecule has 0 saturated heterocycles. The number of para-hydroxylation sites is 2. The van der Waals surface area contributed by atoms with Crippen LogP contribution in [0.3, 0.4) is 0 Å². The van der Waals surface area contributed by atoms with Crippen LogP contribution in [-0.4, -0.2) is 55.5 Å². The summed E-state index contributed by atoms with van der Waals surface area (Å²) in [5.74, 6) is 0. The molecule has 0 unspecified atom stereocenters. The number of benzene rings is 9. The van der Waals surface area contributed by atoms with Crippen LogP contribution in [-0.2, 0) is 0 Å². The predicted octanol–water partition coefficient (Wildman–Crippen LogP) is 18.5. The average molecular weight is 1160 g/mol. The van der Waals surface area contributed by atoms with Gasteiger partial charge in [-0.05, 0) is 110 Å². The second kappa shape index (κ2) is 21.7. The molecule has 0 aliphatic heterocycles. The molecule has 0 amide bonds. The van der Waals surface area contributed by atoms with Crippen molar-refractivity contribution in [1.29, 1.82) is 0 Å². The van der Waals surface area contributed by atoms with Crippen LogP contribution in [0.25, 0.3) is 177 Å². The SMILES string of the molecule is c1ccc(-c2ccc3ccc4ccc(-c5cccc6c5nc(-c5ccccc5)c5ccc7nonc7c56)nc4c3n2)cc1.c1ccc(-c2nc3c(-c4ccc(-c5cc(-c6ccccn6)nc(-c6ccccn6)c5)cc4)cccc3c3c2ccc2nonc23)cc1. The zero-order chi connectivity index (χ0) is 59.5. The first kappa shape index (κ1) is 51.8. The Morgan fingerprint density at radius 1 is 0.233 bits per heavy atom. The molecule has 0 fully saturated rings. The molecule has 18 rings (SSSR count). The molecule has 0 radical (unpaired) electrons. The Bertz CT molecular complexity index is 5720. The van der Waals surface area contributed by atoms with E-state index in [-0.39, 0.29) is 0 Å². The van der Waals surface area contributed by atoms with Crippen LogP contribution < -0.4 is 0 Å². The highest BCUT2D eigenvalue weighted by Crippen LogP contribution is 2.42. The van der Waals surface area contributed by atoms with Crippen molar-refractivity contribution < 1.29 is 9.26 Å². The van der Waals surface area contributed by atoms with Crippen LogP contribution >= 0.6 is 0 Å². The Morgan fingerprint density at radius 2 is 0.700 bits per heavy atom. The van der Waals surface area contributed by atoms with Crippen LogP contribution in [0, 0.1) is 0 Å². The molecule has 0 saturated carbocycles. The molecule has 420 valence electrons. The third kappa shape index (κ3) is 9.08. The summed E-state index contributed by atoms with van der Waals surface area (Å²) >= 11 is 0. The maximum absolute atomic E-state index is 5.31. The number of hydrogen-bond donors (Lipinski definition) is 0. The molecule has 13 heteroatoms. The lowest BCUT2D eigenvalue weighted by atomic mass is 9.94. The van der Waals surface area contributed by atoms with E-state index in [1.165, 1.54) is 0 Å².